The Labute approximate surface area is 278 Å². The summed E-state index contributed by atoms with van der Waals surface area (Å²) in [4.78, 5) is 37.1. The zero-order chi connectivity index (χ0) is 34.1. The highest BCUT2D eigenvalue weighted by Gasteiger charge is 2.24. The molecule has 5 aromatic rings. The molecular weight excluding hydrogens is 639 g/mol. The van der Waals surface area contributed by atoms with Gasteiger partial charge in [0.2, 0.25) is 5.88 Å². The van der Waals surface area contributed by atoms with Gasteiger partial charge in [-0.05, 0) is 61.2 Å². The van der Waals surface area contributed by atoms with Crippen LogP contribution >= 0.6 is 0 Å². The van der Waals surface area contributed by atoms with E-state index < -0.39 is 29.3 Å². The van der Waals surface area contributed by atoms with Gasteiger partial charge >= 0.3 is 5.97 Å². The molecule has 0 radical (unpaired) electrons. The quantitative estimate of drug-likeness (QED) is 0.169. The molecule has 1 saturated carbocycles. The maximum absolute atomic E-state index is 15.6. The molecule has 0 unspecified atom stereocenters. The highest BCUT2D eigenvalue weighted by molar-refractivity contribution is 5.93. The Morgan fingerprint density at radius 3 is 2.49 bits per heavy atom. The van der Waals surface area contributed by atoms with E-state index >= 15 is 8.78 Å². The summed E-state index contributed by atoms with van der Waals surface area (Å²) < 4.78 is 59.0. The molecular formula is C36H32F3N5O5. The molecule has 1 aliphatic carbocycles. The second kappa shape index (κ2) is 13.7. The normalized spacial score (nSPS) is 16.1. The average Bonchev–Trinajstić information content (AvgIpc) is 3.70. The van der Waals surface area contributed by atoms with Gasteiger partial charge in [-0.2, -0.15) is 0 Å². The number of amides is 1. The molecule has 1 saturated heterocycles. The summed E-state index contributed by atoms with van der Waals surface area (Å²) in [5.41, 5.74) is 1.34. The number of carboxylic acids is 1. The molecule has 1 aliphatic heterocycles. The number of benzene rings is 2. The highest BCUT2D eigenvalue weighted by atomic mass is 19.1. The lowest BCUT2D eigenvalue weighted by Gasteiger charge is -2.27. The molecule has 2 aliphatic rings. The van der Waals surface area contributed by atoms with Crippen LogP contribution in [0.3, 0.4) is 0 Å². The maximum atomic E-state index is 15.6. The molecule has 3 aromatic heterocycles. The first-order valence-corrected chi connectivity index (χ1v) is 16.1. The van der Waals surface area contributed by atoms with Crippen molar-refractivity contribution in [2.24, 2.45) is 0 Å². The van der Waals surface area contributed by atoms with Crippen LogP contribution in [0.4, 0.5) is 13.2 Å². The van der Waals surface area contributed by atoms with Gasteiger partial charge in [0, 0.05) is 48.5 Å². The highest BCUT2D eigenvalue weighted by Crippen LogP contribution is 2.29. The van der Waals surface area contributed by atoms with Crippen LogP contribution in [0.2, 0.25) is 0 Å². The topological polar surface area (TPSA) is 128 Å². The Balaban J connectivity index is 1.07. The lowest BCUT2D eigenvalue weighted by atomic mass is 10.0. The molecule has 2 aromatic carbocycles. The number of imidazole rings is 1. The van der Waals surface area contributed by atoms with Gasteiger partial charge in [-0.25, -0.2) is 27.9 Å². The number of pyridine rings is 2. The van der Waals surface area contributed by atoms with Crippen LogP contribution in [0.5, 0.6) is 5.88 Å². The fourth-order valence-corrected chi connectivity index (χ4v) is 6.18. The number of carboxylic acid groups (broad SMARTS) is 1. The van der Waals surface area contributed by atoms with Crippen LogP contribution in [0.15, 0.2) is 60.8 Å². The van der Waals surface area contributed by atoms with Crippen molar-refractivity contribution in [3.63, 3.8) is 0 Å². The summed E-state index contributed by atoms with van der Waals surface area (Å²) in [6.07, 6.45) is 5.80. The predicted octanol–water partition coefficient (Wildman–Crippen LogP) is 6.24. The van der Waals surface area contributed by atoms with Crippen LogP contribution in [0.25, 0.3) is 22.3 Å². The van der Waals surface area contributed by atoms with E-state index in [4.69, 9.17) is 9.47 Å². The number of hydrogen-bond donors (Lipinski definition) is 2. The summed E-state index contributed by atoms with van der Waals surface area (Å²) in [5, 5.41) is 12.4. The van der Waals surface area contributed by atoms with Crippen LogP contribution in [-0.4, -0.2) is 55.3 Å². The monoisotopic (exact) mass is 671 g/mol. The van der Waals surface area contributed by atoms with Gasteiger partial charge in [0.15, 0.2) is 0 Å². The van der Waals surface area contributed by atoms with Crippen LogP contribution < -0.4 is 10.1 Å². The van der Waals surface area contributed by atoms with Crippen LogP contribution in [0.1, 0.15) is 69.9 Å². The standard InChI is InChI=1S/C36H32F3N5O5/c37-26-15-25(28(39)12-21(26)14-33-42-30-9-8-20(36(46)47)13-32(30)44(33)18-24-10-11-48-24)29-6-3-7-34(43-29)49-19-22-17-40-31(16-27(22)38)35(45)41-23-4-1-2-5-23/h3,6-9,12-13,15-17,23-24H,1-2,4-5,10-11,14,18-19H2,(H,41,45)(H,46,47)/t24-/m0/s1. The van der Waals surface area contributed by atoms with E-state index in [1.165, 1.54) is 30.5 Å². The van der Waals surface area contributed by atoms with E-state index in [2.05, 4.69) is 20.3 Å². The fourth-order valence-electron chi connectivity index (χ4n) is 6.18. The van der Waals surface area contributed by atoms with Crippen molar-refractivity contribution in [3.8, 4) is 17.1 Å². The smallest absolute Gasteiger partial charge is 0.335 e. The Morgan fingerprint density at radius 2 is 1.76 bits per heavy atom. The van der Waals surface area contributed by atoms with Gasteiger partial charge in [0.1, 0.15) is 35.6 Å². The number of nitrogens with zero attached hydrogens (tertiary/aromatic N) is 4. The summed E-state index contributed by atoms with van der Waals surface area (Å²) in [7, 11) is 0. The first kappa shape index (κ1) is 32.3. The van der Waals surface area contributed by atoms with E-state index in [0.717, 1.165) is 50.3 Å². The molecule has 4 heterocycles. The summed E-state index contributed by atoms with van der Waals surface area (Å²) >= 11 is 0. The number of carbonyl (C=O) groups excluding carboxylic acids is 1. The molecule has 10 nitrogen and oxygen atoms in total. The Kier molecular flexibility index (Phi) is 9.00. The van der Waals surface area contributed by atoms with Gasteiger partial charge in [-0.15, -0.1) is 0 Å². The van der Waals surface area contributed by atoms with E-state index in [-0.39, 0.29) is 64.7 Å². The summed E-state index contributed by atoms with van der Waals surface area (Å²) in [6, 6.07) is 12.4. The van der Waals surface area contributed by atoms with E-state index in [9.17, 15) is 19.1 Å². The van der Waals surface area contributed by atoms with Crippen LogP contribution in [-0.2, 0) is 24.3 Å². The second-order valence-corrected chi connectivity index (χ2v) is 12.3. The molecule has 252 valence electrons. The number of halogens is 3. The minimum Gasteiger partial charge on any atom is -0.478 e. The van der Waals surface area contributed by atoms with Crippen molar-refractivity contribution >= 4 is 22.9 Å². The number of rotatable bonds is 11. The lowest BCUT2D eigenvalue weighted by molar-refractivity contribution is -0.0589. The van der Waals surface area contributed by atoms with Crippen molar-refractivity contribution < 1.29 is 37.3 Å². The number of aromatic carboxylic acids is 1. The summed E-state index contributed by atoms with van der Waals surface area (Å²) in [5.74, 6) is -3.08. The molecule has 49 heavy (non-hydrogen) atoms. The van der Waals surface area contributed by atoms with E-state index in [1.54, 1.807) is 16.7 Å². The predicted molar refractivity (Wildman–Crippen MR) is 172 cm³/mol. The number of nitrogens with one attached hydrogen (secondary N) is 1. The second-order valence-electron chi connectivity index (χ2n) is 12.3. The molecule has 13 heteroatoms. The minimum absolute atomic E-state index is 0.0221. The molecule has 2 fully saturated rings. The Bertz CT molecular complexity index is 2060. The van der Waals surface area contributed by atoms with Gasteiger partial charge < -0.3 is 24.5 Å². The lowest BCUT2D eigenvalue weighted by Crippen LogP contribution is -2.33. The molecule has 1 amide bonds. The Hall–Kier alpha value is -5.30. The summed E-state index contributed by atoms with van der Waals surface area (Å²) in [6.45, 7) is 0.764. The first-order chi connectivity index (χ1) is 23.7. The molecule has 7 rings (SSSR count). The van der Waals surface area contributed by atoms with Gasteiger partial charge in [-0.1, -0.05) is 18.9 Å². The van der Waals surface area contributed by atoms with E-state index in [1.807, 2.05) is 0 Å². The van der Waals surface area contributed by atoms with Crippen molar-refractivity contribution in [2.45, 2.75) is 63.8 Å². The molecule has 0 bridgehead atoms. The van der Waals surface area contributed by atoms with E-state index in [0.29, 0.717) is 30.0 Å². The number of fused-ring (bicyclic) bond motifs is 1. The largest absolute Gasteiger partial charge is 0.478 e. The third kappa shape index (κ3) is 6.98. The average molecular weight is 672 g/mol. The SMILES string of the molecule is O=C(O)c1ccc2nc(Cc3cc(F)c(-c4cccc(OCc5cnc(C(=O)NC6CCCC6)cc5F)n4)cc3F)n(C[C@@H]3CCO3)c2c1. The number of carbonyl (C=O) groups is 2. The van der Waals surface area contributed by atoms with Gasteiger partial charge in [-0.3, -0.25) is 9.78 Å². The number of aromatic nitrogens is 4. The maximum Gasteiger partial charge on any atom is 0.335 e. The van der Waals surface area contributed by atoms with Crippen molar-refractivity contribution in [1.29, 1.82) is 0 Å². The molecule has 0 spiro atoms. The third-order valence-corrected chi connectivity index (χ3v) is 8.97. The molecule has 2 N–H and O–H groups in total. The Morgan fingerprint density at radius 1 is 0.959 bits per heavy atom. The molecule has 1 atom stereocenters. The van der Waals surface area contributed by atoms with Crippen molar-refractivity contribution in [3.05, 3.63) is 106 Å². The fraction of sp³-hybridized carbons (Fsp3) is 0.306. The van der Waals surface area contributed by atoms with Gasteiger partial charge in [0.25, 0.3) is 5.91 Å². The zero-order valence-electron chi connectivity index (χ0n) is 26.3. The van der Waals surface area contributed by atoms with Gasteiger partial charge in [0.05, 0.1) is 34.9 Å². The van der Waals surface area contributed by atoms with Crippen LogP contribution in [0, 0.1) is 17.5 Å². The first-order valence-electron chi connectivity index (χ1n) is 16.1. The van der Waals surface area contributed by atoms with Crippen molar-refractivity contribution in [2.75, 3.05) is 6.61 Å². The number of hydrogen-bond acceptors (Lipinski definition) is 7. The van der Waals surface area contributed by atoms with Crippen molar-refractivity contribution in [1.82, 2.24) is 24.8 Å². The third-order valence-electron chi connectivity index (χ3n) is 8.97. The zero-order valence-corrected chi connectivity index (χ0v) is 26.3. The number of ether oxygens (including phenoxy) is 2. The minimum atomic E-state index is -1.08.